The summed E-state index contributed by atoms with van der Waals surface area (Å²) in [5, 5.41) is 13.2. The predicted octanol–water partition coefficient (Wildman–Crippen LogP) is 2.80. The largest absolute Gasteiger partial charge is 0.322 e. The summed E-state index contributed by atoms with van der Waals surface area (Å²) < 4.78 is 13.2. The number of rotatable bonds is 4. The molecule has 0 atom stereocenters. The van der Waals surface area contributed by atoms with Crippen LogP contribution in [0.2, 0.25) is 0 Å². The molecule has 21 heavy (non-hydrogen) atoms. The summed E-state index contributed by atoms with van der Waals surface area (Å²) in [4.78, 5) is 32.6. The van der Waals surface area contributed by atoms with E-state index in [9.17, 15) is 24.1 Å². The molecule has 0 heterocycles. The van der Waals surface area contributed by atoms with Crippen LogP contribution in [0.15, 0.2) is 42.5 Å². The Labute approximate surface area is 118 Å². The van der Waals surface area contributed by atoms with Crippen LogP contribution in [0.4, 0.5) is 15.8 Å². The van der Waals surface area contributed by atoms with Gasteiger partial charge in [0.2, 0.25) is 0 Å². The number of nitrogens with zero attached hydrogens (tertiary/aromatic N) is 1. The standard InChI is InChI=1S/C14H9FN2O4/c15-10-3-6-13(17(20)21)12(7-10)14(19)16-11-4-1-9(8-18)2-5-11/h1-8H,(H,16,19). The Hall–Kier alpha value is -3.09. The van der Waals surface area contributed by atoms with Crippen molar-refractivity contribution >= 4 is 23.6 Å². The predicted molar refractivity (Wildman–Crippen MR) is 72.8 cm³/mol. The molecule has 0 bridgehead atoms. The van der Waals surface area contributed by atoms with Gasteiger partial charge in [-0.25, -0.2) is 4.39 Å². The van der Waals surface area contributed by atoms with Crippen LogP contribution in [-0.2, 0) is 0 Å². The Morgan fingerprint density at radius 1 is 1.19 bits per heavy atom. The number of carbonyl (C=O) groups excluding carboxylic acids is 2. The van der Waals surface area contributed by atoms with Gasteiger partial charge in [0, 0.05) is 17.3 Å². The maximum Gasteiger partial charge on any atom is 0.282 e. The molecule has 7 heteroatoms. The van der Waals surface area contributed by atoms with E-state index in [4.69, 9.17) is 0 Å². The minimum absolute atomic E-state index is 0.337. The minimum atomic E-state index is -0.806. The second-order valence-corrected chi connectivity index (χ2v) is 4.11. The lowest BCUT2D eigenvalue weighted by Gasteiger charge is -2.06. The molecule has 0 spiro atoms. The van der Waals surface area contributed by atoms with Crippen LogP contribution < -0.4 is 5.32 Å². The van der Waals surface area contributed by atoms with Gasteiger partial charge in [-0.2, -0.15) is 0 Å². The lowest BCUT2D eigenvalue weighted by Crippen LogP contribution is -2.14. The zero-order valence-electron chi connectivity index (χ0n) is 10.6. The van der Waals surface area contributed by atoms with Gasteiger partial charge in [0.05, 0.1) is 4.92 Å². The molecule has 0 saturated carbocycles. The van der Waals surface area contributed by atoms with E-state index in [2.05, 4.69) is 5.32 Å². The first kappa shape index (κ1) is 14.3. The molecule has 6 nitrogen and oxygen atoms in total. The Balaban J connectivity index is 2.29. The Bertz CT molecular complexity index is 713. The Morgan fingerprint density at radius 2 is 1.86 bits per heavy atom. The van der Waals surface area contributed by atoms with Crippen LogP contribution in [0.5, 0.6) is 0 Å². The molecule has 0 radical (unpaired) electrons. The molecule has 1 amide bonds. The van der Waals surface area contributed by atoms with Crippen LogP contribution in [0.25, 0.3) is 0 Å². The fourth-order valence-corrected chi connectivity index (χ4v) is 1.69. The molecule has 0 aliphatic carbocycles. The Kier molecular flexibility index (Phi) is 4.03. The molecular formula is C14H9FN2O4. The number of halogens is 1. The van der Waals surface area contributed by atoms with Gasteiger partial charge in [0.1, 0.15) is 17.7 Å². The van der Waals surface area contributed by atoms with Crippen LogP contribution in [0.1, 0.15) is 20.7 Å². The van der Waals surface area contributed by atoms with Gasteiger partial charge in [0.25, 0.3) is 11.6 Å². The van der Waals surface area contributed by atoms with Gasteiger partial charge in [-0.3, -0.25) is 19.7 Å². The SMILES string of the molecule is O=Cc1ccc(NC(=O)c2cc(F)ccc2[N+](=O)[O-])cc1. The average Bonchev–Trinajstić information content (AvgIpc) is 2.47. The second kappa shape index (κ2) is 5.91. The number of hydrogen-bond acceptors (Lipinski definition) is 4. The van der Waals surface area contributed by atoms with Crippen molar-refractivity contribution in [3.63, 3.8) is 0 Å². The topological polar surface area (TPSA) is 89.3 Å². The monoisotopic (exact) mass is 288 g/mol. The van der Waals surface area contributed by atoms with Gasteiger partial charge in [-0.15, -0.1) is 0 Å². The highest BCUT2D eigenvalue weighted by atomic mass is 19.1. The van der Waals surface area contributed by atoms with E-state index in [0.717, 1.165) is 18.2 Å². The first-order valence-corrected chi connectivity index (χ1v) is 5.82. The number of carbonyl (C=O) groups is 2. The number of anilines is 1. The number of nitro benzene ring substituents is 1. The molecule has 106 valence electrons. The number of benzene rings is 2. The van der Waals surface area contributed by atoms with Crippen molar-refractivity contribution in [1.82, 2.24) is 0 Å². The molecule has 2 aromatic carbocycles. The molecule has 0 aromatic heterocycles. The zero-order chi connectivity index (χ0) is 15.4. The lowest BCUT2D eigenvalue weighted by molar-refractivity contribution is -0.385. The van der Waals surface area contributed by atoms with E-state index in [1.54, 1.807) is 0 Å². The summed E-state index contributed by atoms with van der Waals surface area (Å²) in [5.41, 5.74) is -0.105. The molecule has 0 aliphatic rings. The molecule has 0 unspecified atom stereocenters. The quantitative estimate of drug-likeness (QED) is 0.532. The van der Waals surface area contributed by atoms with Crippen LogP contribution in [-0.4, -0.2) is 17.1 Å². The van der Waals surface area contributed by atoms with Crippen LogP contribution >= 0.6 is 0 Å². The number of aldehydes is 1. The van der Waals surface area contributed by atoms with E-state index in [1.165, 1.54) is 24.3 Å². The average molecular weight is 288 g/mol. The van der Waals surface area contributed by atoms with E-state index < -0.39 is 22.3 Å². The summed E-state index contributed by atoms with van der Waals surface area (Å²) in [6.07, 6.45) is 0.642. The highest BCUT2D eigenvalue weighted by Crippen LogP contribution is 2.21. The van der Waals surface area contributed by atoms with Crippen LogP contribution in [0, 0.1) is 15.9 Å². The molecular weight excluding hydrogens is 279 g/mol. The summed E-state index contributed by atoms with van der Waals surface area (Å²) in [5.74, 6) is -1.55. The van der Waals surface area contributed by atoms with Crippen molar-refractivity contribution in [3.05, 3.63) is 69.5 Å². The van der Waals surface area contributed by atoms with E-state index in [1.807, 2.05) is 0 Å². The van der Waals surface area contributed by atoms with Crippen molar-refractivity contribution in [1.29, 1.82) is 0 Å². The molecule has 2 rings (SSSR count). The normalized spacial score (nSPS) is 9.95. The third-order valence-electron chi connectivity index (χ3n) is 2.70. The maximum atomic E-state index is 13.2. The summed E-state index contributed by atoms with van der Waals surface area (Å²) in [6, 6.07) is 8.52. The minimum Gasteiger partial charge on any atom is -0.322 e. The van der Waals surface area contributed by atoms with Gasteiger partial charge in [-0.1, -0.05) is 0 Å². The first-order valence-electron chi connectivity index (χ1n) is 5.82. The summed E-state index contributed by atoms with van der Waals surface area (Å²) >= 11 is 0. The van der Waals surface area contributed by atoms with Crippen molar-refractivity contribution in [2.24, 2.45) is 0 Å². The highest BCUT2D eigenvalue weighted by Gasteiger charge is 2.20. The van der Waals surface area contributed by atoms with E-state index in [0.29, 0.717) is 17.5 Å². The molecule has 2 aromatic rings. The van der Waals surface area contributed by atoms with Gasteiger partial charge in [-0.05, 0) is 36.4 Å². The van der Waals surface area contributed by atoms with Gasteiger partial charge < -0.3 is 5.32 Å². The fourth-order valence-electron chi connectivity index (χ4n) is 1.69. The maximum absolute atomic E-state index is 13.2. The number of amides is 1. The molecule has 0 fully saturated rings. The summed E-state index contributed by atoms with van der Waals surface area (Å²) in [6.45, 7) is 0. The van der Waals surface area contributed by atoms with E-state index >= 15 is 0 Å². The van der Waals surface area contributed by atoms with Gasteiger partial charge >= 0.3 is 0 Å². The van der Waals surface area contributed by atoms with Crippen molar-refractivity contribution < 1.29 is 18.9 Å². The molecule has 1 N–H and O–H groups in total. The van der Waals surface area contributed by atoms with E-state index in [-0.39, 0.29) is 5.56 Å². The number of nitrogens with one attached hydrogen (secondary N) is 1. The number of nitro groups is 1. The van der Waals surface area contributed by atoms with Gasteiger partial charge in [0.15, 0.2) is 0 Å². The lowest BCUT2D eigenvalue weighted by atomic mass is 10.1. The van der Waals surface area contributed by atoms with Crippen molar-refractivity contribution in [2.45, 2.75) is 0 Å². The fraction of sp³-hybridized carbons (Fsp3) is 0. The highest BCUT2D eigenvalue weighted by molar-refractivity contribution is 6.07. The molecule has 0 aliphatic heterocycles. The molecule has 0 saturated heterocycles. The van der Waals surface area contributed by atoms with Crippen molar-refractivity contribution in [2.75, 3.05) is 5.32 Å². The third-order valence-corrected chi connectivity index (χ3v) is 2.70. The smallest absolute Gasteiger partial charge is 0.282 e. The van der Waals surface area contributed by atoms with Crippen molar-refractivity contribution in [3.8, 4) is 0 Å². The Morgan fingerprint density at radius 3 is 2.43 bits per heavy atom. The van der Waals surface area contributed by atoms with Crippen LogP contribution in [0.3, 0.4) is 0 Å². The zero-order valence-corrected chi connectivity index (χ0v) is 10.6. The summed E-state index contributed by atoms with van der Waals surface area (Å²) in [7, 11) is 0. The second-order valence-electron chi connectivity index (χ2n) is 4.11. The first-order chi connectivity index (χ1) is 10.0. The third kappa shape index (κ3) is 3.27. The number of hydrogen-bond donors (Lipinski definition) is 1.